The summed E-state index contributed by atoms with van der Waals surface area (Å²) in [5.41, 5.74) is 3.09. The van der Waals surface area contributed by atoms with Crippen molar-refractivity contribution in [3.05, 3.63) is 44.3 Å². The van der Waals surface area contributed by atoms with Gasteiger partial charge >= 0.3 is 0 Å². The maximum absolute atomic E-state index is 3.69. The predicted octanol–water partition coefficient (Wildman–Crippen LogP) is 3.41. The van der Waals surface area contributed by atoms with E-state index in [-0.39, 0.29) is 5.54 Å². The molecule has 1 nitrogen and oxygen atoms in total. The molecule has 0 aliphatic carbocycles. The zero-order chi connectivity index (χ0) is 11.0. The lowest BCUT2D eigenvalue weighted by Gasteiger charge is -2.35. The van der Waals surface area contributed by atoms with E-state index in [2.05, 4.69) is 40.5 Å². The van der Waals surface area contributed by atoms with Gasteiger partial charge in [-0.05, 0) is 59.2 Å². The molecular formula is C13H15NS2. The van der Waals surface area contributed by atoms with Crippen LogP contribution in [0.4, 0.5) is 0 Å². The molecule has 3 heterocycles. The Kier molecular flexibility index (Phi) is 2.62. The second-order valence-corrected chi connectivity index (χ2v) is 6.36. The molecule has 0 fully saturated rings. The molecule has 1 unspecified atom stereocenters. The van der Waals surface area contributed by atoms with Crippen molar-refractivity contribution in [2.45, 2.75) is 25.3 Å². The van der Waals surface area contributed by atoms with Crippen LogP contribution in [0.1, 0.15) is 22.9 Å². The van der Waals surface area contributed by atoms with E-state index >= 15 is 0 Å². The van der Waals surface area contributed by atoms with Gasteiger partial charge in [0.2, 0.25) is 0 Å². The van der Waals surface area contributed by atoms with E-state index in [9.17, 15) is 0 Å². The summed E-state index contributed by atoms with van der Waals surface area (Å²) in [6, 6.07) is 4.52. The maximum Gasteiger partial charge on any atom is 0.0458 e. The van der Waals surface area contributed by atoms with Gasteiger partial charge < -0.3 is 5.32 Å². The molecule has 2 aromatic rings. The van der Waals surface area contributed by atoms with Gasteiger partial charge in [-0.1, -0.05) is 0 Å². The summed E-state index contributed by atoms with van der Waals surface area (Å²) in [7, 11) is 0. The lowest BCUT2D eigenvalue weighted by atomic mass is 9.84. The van der Waals surface area contributed by atoms with Gasteiger partial charge in [0, 0.05) is 17.0 Å². The van der Waals surface area contributed by atoms with E-state index in [1.54, 1.807) is 16.2 Å². The molecule has 1 aliphatic heterocycles. The Morgan fingerprint density at radius 1 is 1.38 bits per heavy atom. The average Bonchev–Trinajstić information content (AvgIpc) is 2.88. The highest BCUT2D eigenvalue weighted by atomic mass is 32.1. The third-order valence-electron chi connectivity index (χ3n) is 3.34. The zero-order valence-corrected chi connectivity index (χ0v) is 11.0. The van der Waals surface area contributed by atoms with Gasteiger partial charge in [-0.15, -0.1) is 11.3 Å². The Labute approximate surface area is 104 Å². The van der Waals surface area contributed by atoms with Gasteiger partial charge in [0.05, 0.1) is 0 Å². The normalized spacial score (nSPS) is 24.3. The molecule has 16 heavy (non-hydrogen) atoms. The van der Waals surface area contributed by atoms with Gasteiger partial charge in [0.1, 0.15) is 0 Å². The lowest BCUT2D eigenvalue weighted by Crippen LogP contribution is -2.45. The molecule has 0 amide bonds. The molecule has 84 valence electrons. The minimum Gasteiger partial charge on any atom is -0.307 e. The van der Waals surface area contributed by atoms with Crippen molar-refractivity contribution in [2.75, 3.05) is 6.54 Å². The maximum atomic E-state index is 3.69. The van der Waals surface area contributed by atoms with Crippen molar-refractivity contribution in [3.8, 4) is 0 Å². The van der Waals surface area contributed by atoms with Crippen molar-refractivity contribution in [3.63, 3.8) is 0 Å². The third kappa shape index (κ3) is 1.73. The molecule has 3 rings (SSSR count). The molecule has 0 radical (unpaired) electrons. The second kappa shape index (κ2) is 3.99. The smallest absolute Gasteiger partial charge is 0.0458 e. The minimum atomic E-state index is 0.134. The first kappa shape index (κ1) is 10.5. The summed E-state index contributed by atoms with van der Waals surface area (Å²) in [5.74, 6) is 0. The minimum absolute atomic E-state index is 0.134. The molecule has 0 bridgehead atoms. The molecule has 1 atom stereocenters. The van der Waals surface area contributed by atoms with Crippen LogP contribution in [0.2, 0.25) is 0 Å². The van der Waals surface area contributed by atoms with Crippen molar-refractivity contribution >= 4 is 22.7 Å². The van der Waals surface area contributed by atoms with Crippen LogP contribution >= 0.6 is 22.7 Å². The monoisotopic (exact) mass is 249 g/mol. The van der Waals surface area contributed by atoms with Gasteiger partial charge in [-0.25, -0.2) is 0 Å². The first-order chi connectivity index (χ1) is 7.78. The van der Waals surface area contributed by atoms with Gasteiger partial charge in [0.25, 0.3) is 0 Å². The van der Waals surface area contributed by atoms with E-state index in [4.69, 9.17) is 0 Å². The molecule has 0 saturated heterocycles. The third-order valence-corrected chi connectivity index (χ3v) is 5.06. The Morgan fingerprint density at radius 2 is 2.31 bits per heavy atom. The van der Waals surface area contributed by atoms with Crippen LogP contribution in [-0.4, -0.2) is 6.54 Å². The highest BCUT2D eigenvalue weighted by Gasteiger charge is 2.32. The quantitative estimate of drug-likeness (QED) is 0.860. The van der Waals surface area contributed by atoms with Gasteiger partial charge in [-0.3, -0.25) is 0 Å². The van der Waals surface area contributed by atoms with Gasteiger partial charge in [0.15, 0.2) is 0 Å². The van der Waals surface area contributed by atoms with Crippen LogP contribution in [0.25, 0.3) is 0 Å². The van der Waals surface area contributed by atoms with Crippen LogP contribution < -0.4 is 5.32 Å². The lowest BCUT2D eigenvalue weighted by molar-refractivity contribution is 0.348. The fourth-order valence-electron chi connectivity index (χ4n) is 2.53. The number of hydrogen-bond donors (Lipinski definition) is 1. The van der Waals surface area contributed by atoms with Crippen LogP contribution in [0.5, 0.6) is 0 Å². The topological polar surface area (TPSA) is 12.0 Å². The number of rotatable bonds is 2. The summed E-state index contributed by atoms with van der Waals surface area (Å²) in [4.78, 5) is 1.57. The Balaban J connectivity index is 1.95. The number of fused-ring (bicyclic) bond motifs is 1. The second-order valence-electron chi connectivity index (χ2n) is 4.57. The Bertz CT molecular complexity index is 472. The Morgan fingerprint density at radius 3 is 3.12 bits per heavy atom. The standard InChI is InChI=1S/C13H15NS2/c1-13(8-10-3-6-15-9-10)11-4-7-16-12(11)2-5-14-13/h3-4,6-7,9,14H,2,5,8H2,1H3. The van der Waals surface area contributed by atoms with E-state index in [0.29, 0.717) is 0 Å². The molecule has 0 spiro atoms. The number of hydrogen-bond acceptors (Lipinski definition) is 3. The molecule has 2 aromatic heterocycles. The zero-order valence-electron chi connectivity index (χ0n) is 9.32. The molecule has 3 heteroatoms. The summed E-state index contributed by atoms with van der Waals surface area (Å²) in [6.45, 7) is 3.43. The Hall–Kier alpha value is -0.640. The predicted molar refractivity (Wildman–Crippen MR) is 71.4 cm³/mol. The molecular weight excluding hydrogens is 234 g/mol. The SMILES string of the molecule is CC1(Cc2ccsc2)NCCc2sccc21. The van der Waals surface area contributed by atoms with E-state index < -0.39 is 0 Å². The average molecular weight is 249 g/mol. The first-order valence-electron chi connectivity index (χ1n) is 5.61. The largest absolute Gasteiger partial charge is 0.307 e. The molecule has 1 aliphatic rings. The highest BCUT2D eigenvalue weighted by Crippen LogP contribution is 2.34. The number of thiophene rings is 2. The summed E-state index contributed by atoms with van der Waals surface area (Å²) >= 11 is 3.69. The van der Waals surface area contributed by atoms with Crippen LogP contribution in [0, 0.1) is 0 Å². The van der Waals surface area contributed by atoms with E-state index in [1.807, 2.05) is 11.3 Å². The van der Waals surface area contributed by atoms with Crippen molar-refractivity contribution in [2.24, 2.45) is 0 Å². The fraction of sp³-hybridized carbons (Fsp3) is 0.385. The summed E-state index contributed by atoms with van der Waals surface area (Å²) in [5, 5.41) is 10.3. The first-order valence-corrected chi connectivity index (χ1v) is 7.43. The molecule has 0 aromatic carbocycles. The van der Waals surface area contributed by atoms with Crippen LogP contribution in [0.3, 0.4) is 0 Å². The van der Waals surface area contributed by atoms with Crippen molar-refractivity contribution in [1.82, 2.24) is 5.32 Å². The van der Waals surface area contributed by atoms with E-state index in [0.717, 1.165) is 13.0 Å². The van der Waals surface area contributed by atoms with E-state index in [1.165, 1.54) is 17.5 Å². The fourth-order valence-corrected chi connectivity index (χ4v) is 4.21. The van der Waals surface area contributed by atoms with Gasteiger partial charge in [-0.2, -0.15) is 11.3 Å². The summed E-state index contributed by atoms with van der Waals surface area (Å²) in [6.07, 6.45) is 2.28. The summed E-state index contributed by atoms with van der Waals surface area (Å²) < 4.78 is 0. The highest BCUT2D eigenvalue weighted by molar-refractivity contribution is 7.10. The molecule has 1 N–H and O–H groups in total. The molecule has 0 saturated carbocycles. The number of nitrogens with one attached hydrogen (secondary N) is 1. The van der Waals surface area contributed by atoms with Crippen LogP contribution in [0.15, 0.2) is 28.3 Å². The van der Waals surface area contributed by atoms with Crippen LogP contribution in [-0.2, 0) is 18.4 Å². The van der Waals surface area contributed by atoms with Crippen molar-refractivity contribution in [1.29, 1.82) is 0 Å². The van der Waals surface area contributed by atoms with Crippen molar-refractivity contribution < 1.29 is 0 Å².